The van der Waals surface area contributed by atoms with E-state index in [1.807, 2.05) is 0 Å². The zero-order valence-corrected chi connectivity index (χ0v) is 10.6. The summed E-state index contributed by atoms with van der Waals surface area (Å²) in [5.41, 5.74) is 5.96. The van der Waals surface area contributed by atoms with Crippen molar-refractivity contribution in [2.24, 2.45) is 5.73 Å². The third-order valence-electron chi connectivity index (χ3n) is 2.59. The predicted molar refractivity (Wildman–Crippen MR) is 64.5 cm³/mol. The fourth-order valence-corrected chi connectivity index (χ4v) is 1.85. The average Bonchev–Trinajstić information content (AvgIpc) is 2.03. The molecule has 0 atom stereocenters. The highest BCUT2D eigenvalue weighted by Crippen LogP contribution is 2.17. The molecule has 0 bridgehead atoms. The first-order valence-corrected chi connectivity index (χ1v) is 5.82. The average molecular weight is 200 g/mol. The Hall–Kier alpha value is -0.0800. The van der Waals surface area contributed by atoms with Gasteiger partial charge >= 0.3 is 0 Å². The lowest BCUT2D eigenvalue weighted by Crippen LogP contribution is -2.55. The molecule has 2 nitrogen and oxygen atoms in total. The lowest BCUT2D eigenvalue weighted by Gasteiger charge is -2.36. The number of hydrogen-bond acceptors (Lipinski definition) is 2. The molecule has 3 N–H and O–H groups in total. The van der Waals surface area contributed by atoms with Gasteiger partial charge in [-0.3, -0.25) is 0 Å². The Bertz CT molecular complexity index is 150. The van der Waals surface area contributed by atoms with Gasteiger partial charge in [0.1, 0.15) is 0 Å². The van der Waals surface area contributed by atoms with E-state index < -0.39 is 0 Å². The van der Waals surface area contributed by atoms with Crippen molar-refractivity contribution in [2.45, 2.75) is 71.4 Å². The van der Waals surface area contributed by atoms with Crippen LogP contribution in [-0.4, -0.2) is 17.6 Å². The van der Waals surface area contributed by atoms with Gasteiger partial charge in [0.2, 0.25) is 0 Å². The van der Waals surface area contributed by atoms with E-state index in [0.29, 0.717) is 6.54 Å². The second-order valence-electron chi connectivity index (χ2n) is 5.55. The van der Waals surface area contributed by atoms with Gasteiger partial charge < -0.3 is 11.1 Å². The summed E-state index contributed by atoms with van der Waals surface area (Å²) in [6.45, 7) is 11.8. The first-order chi connectivity index (χ1) is 6.33. The number of unbranched alkanes of at least 4 members (excludes halogenated alkanes) is 2. The minimum absolute atomic E-state index is 0.0513. The van der Waals surface area contributed by atoms with Gasteiger partial charge in [-0.1, -0.05) is 26.2 Å². The van der Waals surface area contributed by atoms with Crippen LogP contribution in [0.5, 0.6) is 0 Å². The van der Waals surface area contributed by atoms with Gasteiger partial charge in [0.15, 0.2) is 0 Å². The molecular weight excluding hydrogens is 172 g/mol. The summed E-state index contributed by atoms with van der Waals surface area (Å²) in [6.07, 6.45) is 5.14. The van der Waals surface area contributed by atoms with Crippen molar-refractivity contribution in [3.63, 3.8) is 0 Å². The topological polar surface area (TPSA) is 38.0 Å². The van der Waals surface area contributed by atoms with Crippen LogP contribution in [0.4, 0.5) is 0 Å². The molecule has 0 unspecified atom stereocenters. The molecule has 0 aliphatic carbocycles. The van der Waals surface area contributed by atoms with Crippen molar-refractivity contribution < 1.29 is 0 Å². The smallest absolute Gasteiger partial charge is 0.0252 e. The van der Waals surface area contributed by atoms with Gasteiger partial charge in [0, 0.05) is 17.6 Å². The minimum Gasteiger partial charge on any atom is -0.329 e. The van der Waals surface area contributed by atoms with E-state index >= 15 is 0 Å². The Morgan fingerprint density at radius 2 is 1.57 bits per heavy atom. The van der Waals surface area contributed by atoms with Crippen molar-refractivity contribution in [3.8, 4) is 0 Å². The second-order valence-corrected chi connectivity index (χ2v) is 5.55. The molecule has 0 saturated carbocycles. The minimum atomic E-state index is 0.0513. The molecule has 0 aliphatic heterocycles. The maximum atomic E-state index is 5.71. The molecular formula is C12H28N2. The van der Waals surface area contributed by atoms with Gasteiger partial charge in [0.25, 0.3) is 0 Å². The molecule has 0 aliphatic rings. The molecule has 2 heteroatoms. The molecule has 0 aromatic heterocycles. The normalized spacial score (nSPS) is 13.3. The summed E-state index contributed by atoms with van der Waals surface area (Å²) >= 11 is 0. The predicted octanol–water partition coefficient (Wildman–Crippen LogP) is 2.67. The van der Waals surface area contributed by atoms with Crippen LogP contribution in [0.2, 0.25) is 0 Å². The highest BCUT2D eigenvalue weighted by Gasteiger charge is 2.25. The largest absolute Gasteiger partial charge is 0.329 e. The van der Waals surface area contributed by atoms with Gasteiger partial charge in [0.05, 0.1) is 0 Å². The van der Waals surface area contributed by atoms with Crippen LogP contribution in [0.3, 0.4) is 0 Å². The fraction of sp³-hybridized carbons (Fsp3) is 1.00. The first kappa shape index (κ1) is 13.9. The molecule has 0 saturated heterocycles. The van der Waals surface area contributed by atoms with Crippen LogP contribution >= 0.6 is 0 Å². The molecule has 0 heterocycles. The van der Waals surface area contributed by atoms with Crippen molar-refractivity contribution in [1.29, 1.82) is 0 Å². The molecule has 14 heavy (non-hydrogen) atoms. The molecule has 86 valence electrons. The summed E-state index contributed by atoms with van der Waals surface area (Å²) in [5.74, 6) is 0. The Morgan fingerprint density at radius 3 is 2.00 bits per heavy atom. The Kier molecular flexibility index (Phi) is 5.68. The maximum Gasteiger partial charge on any atom is 0.0252 e. The van der Waals surface area contributed by atoms with Crippen LogP contribution in [0.15, 0.2) is 0 Å². The zero-order chi connectivity index (χ0) is 11.2. The molecule has 0 amide bonds. The number of nitrogens with two attached hydrogens (primary N) is 1. The van der Waals surface area contributed by atoms with Crippen molar-refractivity contribution in [2.75, 3.05) is 6.54 Å². The Labute approximate surface area is 89.6 Å². The highest BCUT2D eigenvalue weighted by molar-refractivity contribution is 4.88. The summed E-state index contributed by atoms with van der Waals surface area (Å²) in [7, 11) is 0. The van der Waals surface area contributed by atoms with Crippen LogP contribution in [0, 0.1) is 0 Å². The SMILES string of the molecule is CCCCCC(C)(C)NC(C)(C)CN. The van der Waals surface area contributed by atoms with Crippen LogP contribution in [0.1, 0.15) is 60.3 Å². The molecule has 0 rings (SSSR count). The molecule has 0 radical (unpaired) electrons. The third kappa shape index (κ3) is 6.39. The zero-order valence-electron chi connectivity index (χ0n) is 10.6. The monoisotopic (exact) mass is 200 g/mol. The Morgan fingerprint density at radius 1 is 1.00 bits per heavy atom. The summed E-state index contributed by atoms with van der Waals surface area (Å²) < 4.78 is 0. The summed E-state index contributed by atoms with van der Waals surface area (Å²) in [6, 6.07) is 0. The third-order valence-corrected chi connectivity index (χ3v) is 2.59. The van der Waals surface area contributed by atoms with Crippen LogP contribution in [-0.2, 0) is 0 Å². The Balaban J connectivity index is 3.93. The van der Waals surface area contributed by atoms with Crippen LogP contribution < -0.4 is 11.1 Å². The van der Waals surface area contributed by atoms with Gasteiger partial charge in [-0.2, -0.15) is 0 Å². The quantitative estimate of drug-likeness (QED) is 0.620. The molecule has 0 aromatic carbocycles. The molecule has 0 aromatic rings. The fourth-order valence-electron chi connectivity index (χ4n) is 1.85. The van der Waals surface area contributed by atoms with E-state index in [1.165, 1.54) is 25.7 Å². The van der Waals surface area contributed by atoms with Gasteiger partial charge in [-0.25, -0.2) is 0 Å². The van der Waals surface area contributed by atoms with E-state index in [0.717, 1.165) is 0 Å². The lowest BCUT2D eigenvalue weighted by atomic mass is 9.92. The van der Waals surface area contributed by atoms with E-state index in [4.69, 9.17) is 5.73 Å². The van der Waals surface area contributed by atoms with E-state index in [1.54, 1.807) is 0 Å². The standard InChI is InChI=1S/C12H28N2/c1-6-7-8-9-11(2,3)14-12(4,5)10-13/h14H,6-10,13H2,1-5H3. The molecule has 0 spiro atoms. The maximum absolute atomic E-state index is 5.71. The van der Waals surface area contributed by atoms with Crippen LogP contribution in [0.25, 0.3) is 0 Å². The lowest BCUT2D eigenvalue weighted by molar-refractivity contribution is 0.251. The van der Waals surface area contributed by atoms with Gasteiger partial charge in [-0.05, 0) is 34.1 Å². The van der Waals surface area contributed by atoms with Crippen molar-refractivity contribution >= 4 is 0 Å². The second kappa shape index (κ2) is 5.72. The van der Waals surface area contributed by atoms with Gasteiger partial charge in [-0.15, -0.1) is 0 Å². The van der Waals surface area contributed by atoms with E-state index in [2.05, 4.69) is 39.9 Å². The van der Waals surface area contributed by atoms with Crippen molar-refractivity contribution in [1.82, 2.24) is 5.32 Å². The number of rotatable bonds is 7. The highest BCUT2D eigenvalue weighted by atomic mass is 15.0. The molecule has 0 fully saturated rings. The summed E-state index contributed by atoms with van der Waals surface area (Å²) in [5, 5.41) is 3.62. The number of hydrogen-bond donors (Lipinski definition) is 2. The number of nitrogens with one attached hydrogen (secondary N) is 1. The van der Waals surface area contributed by atoms with E-state index in [-0.39, 0.29) is 11.1 Å². The van der Waals surface area contributed by atoms with Crippen molar-refractivity contribution in [3.05, 3.63) is 0 Å². The first-order valence-electron chi connectivity index (χ1n) is 5.82. The van der Waals surface area contributed by atoms with E-state index in [9.17, 15) is 0 Å². The summed E-state index contributed by atoms with van der Waals surface area (Å²) in [4.78, 5) is 0.